The van der Waals surface area contributed by atoms with Crippen molar-refractivity contribution in [2.24, 2.45) is 0 Å². The predicted octanol–water partition coefficient (Wildman–Crippen LogP) is 5.12. The van der Waals surface area contributed by atoms with Gasteiger partial charge in [0.1, 0.15) is 0 Å². The predicted molar refractivity (Wildman–Crippen MR) is 82.6 cm³/mol. The lowest BCUT2D eigenvalue weighted by molar-refractivity contribution is 1.55. The maximum absolute atomic E-state index is 4.46. The van der Waals surface area contributed by atoms with Crippen molar-refractivity contribution < 1.29 is 0 Å². The van der Waals surface area contributed by atoms with Crippen molar-refractivity contribution in [2.45, 2.75) is 0 Å². The maximum atomic E-state index is 4.46. The summed E-state index contributed by atoms with van der Waals surface area (Å²) in [6, 6.07) is 21.5. The van der Waals surface area contributed by atoms with Gasteiger partial charge in [0.2, 0.25) is 0 Å². The van der Waals surface area contributed by atoms with Crippen LogP contribution in [-0.2, 0) is 0 Å². The van der Waals surface area contributed by atoms with E-state index in [0.717, 1.165) is 5.69 Å². The summed E-state index contributed by atoms with van der Waals surface area (Å²) in [5, 5.41) is 7.12. The van der Waals surface area contributed by atoms with Crippen LogP contribution < -0.4 is 0 Å². The van der Waals surface area contributed by atoms with Crippen LogP contribution in [0.1, 0.15) is 0 Å². The summed E-state index contributed by atoms with van der Waals surface area (Å²) in [7, 11) is 0. The monoisotopic (exact) mass is 261 g/mol. The lowest BCUT2D eigenvalue weighted by Gasteiger charge is -2.06. The van der Waals surface area contributed by atoms with Gasteiger partial charge in [-0.2, -0.15) is 4.37 Å². The first kappa shape index (κ1) is 10.7. The fourth-order valence-electron chi connectivity index (χ4n) is 2.54. The highest BCUT2D eigenvalue weighted by Gasteiger charge is 2.06. The highest BCUT2D eigenvalue weighted by Crippen LogP contribution is 2.31. The summed E-state index contributed by atoms with van der Waals surface area (Å²) >= 11 is 1.50. The molecule has 4 aromatic rings. The Morgan fingerprint density at radius 1 is 0.737 bits per heavy atom. The van der Waals surface area contributed by atoms with Crippen LogP contribution in [0.15, 0.2) is 66.0 Å². The molecule has 0 saturated heterocycles. The topological polar surface area (TPSA) is 12.9 Å². The summed E-state index contributed by atoms with van der Waals surface area (Å²) in [5.74, 6) is 0. The fourth-order valence-corrected chi connectivity index (χ4v) is 3.07. The molecule has 0 radical (unpaired) electrons. The summed E-state index contributed by atoms with van der Waals surface area (Å²) in [4.78, 5) is 0. The Morgan fingerprint density at radius 3 is 2.32 bits per heavy atom. The lowest BCUT2D eigenvalue weighted by Crippen LogP contribution is -1.82. The van der Waals surface area contributed by atoms with E-state index < -0.39 is 0 Å². The van der Waals surface area contributed by atoms with E-state index in [9.17, 15) is 0 Å². The third kappa shape index (κ3) is 1.72. The fraction of sp³-hybridized carbons (Fsp3) is 0. The minimum absolute atomic E-state index is 1.06. The molecular formula is C17H11NS. The number of hydrogen-bond acceptors (Lipinski definition) is 2. The van der Waals surface area contributed by atoms with E-state index >= 15 is 0 Å². The second-order valence-electron chi connectivity index (χ2n) is 4.61. The average Bonchev–Trinajstić information content (AvgIpc) is 2.98. The van der Waals surface area contributed by atoms with Gasteiger partial charge in [0.15, 0.2) is 0 Å². The summed E-state index contributed by atoms with van der Waals surface area (Å²) in [6.07, 6.45) is 0. The molecule has 0 spiro atoms. The molecule has 2 heteroatoms. The zero-order chi connectivity index (χ0) is 12.7. The van der Waals surface area contributed by atoms with Gasteiger partial charge in [0.05, 0.1) is 5.69 Å². The van der Waals surface area contributed by atoms with Gasteiger partial charge < -0.3 is 0 Å². The van der Waals surface area contributed by atoms with Gasteiger partial charge in [-0.3, -0.25) is 0 Å². The molecule has 3 aromatic carbocycles. The Morgan fingerprint density at radius 2 is 1.53 bits per heavy atom. The van der Waals surface area contributed by atoms with E-state index in [4.69, 9.17) is 0 Å². The molecule has 0 aliphatic carbocycles. The van der Waals surface area contributed by atoms with E-state index in [2.05, 4.69) is 65.0 Å². The Bertz CT molecular complexity index is 863. The van der Waals surface area contributed by atoms with Gasteiger partial charge in [-0.15, -0.1) is 0 Å². The molecule has 0 amide bonds. The summed E-state index contributed by atoms with van der Waals surface area (Å²) < 4.78 is 4.46. The van der Waals surface area contributed by atoms with Crippen LogP contribution in [0.5, 0.6) is 0 Å². The van der Waals surface area contributed by atoms with Crippen LogP contribution >= 0.6 is 11.5 Å². The molecular weight excluding hydrogens is 250 g/mol. The largest absolute Gasteiger partial charge is 0.193 e. The van der Waals surface area contributed by atoms with Crippen molar-refractivity contribution >= 4 is 33.1 Å². The number of fused-ring (bicyclic) bond motifs is 2. The van der Waals surface area contributed by atoms with Gasteiger partial charge in [-0.05, 0) is 51.3 Å². The van der Waals surface area contributed by atoms with Gasteiger partial charge in [0.25, 0.3) is 0 Å². The average molecular weight is 261 g/mol. The molecule has 0 N–H and O–H groups in total. The molecule has 0 fully saturated rings. The van der Waals surface area contributed by atoms with E-state index in [-0.39, 0.29) is 0 Å². The minimum atomic E-state index is 1.06. The van der Waals surface area contributed by atoms with Crippen LogP contribution in [0.25, 0.3) is 32.8 Å². The van der Waals surface area contributed by atoms with E-state index in [0.29, 0.717) is 0 Å². The number of nitrogens with zero attached hydrogens (tertiary/aromatic N) is 1. The first-order valence-corrected chi connectivity index (χ1v) is 7.08. The molecule has 0 aliphatic heterocycles. The molecule has 4 rings (SSSR count). The third-order valence-electron chi connectivity index (χ3n) is 3.46. The van der Waals surface area contributed by atoms with Crippen molar-refractivity contribution in [3.63, 3.8) is 0 Å². The molecule has 1 heterocycles. The van der Waals surface area contributed by atoms with Crippen molar-refractivity contribution in [1.82, 2.24) is 4.37 Å². The van der Waals surface area contributed by atoms with E-state index in [1.54, 1.807) is 0 Å². The Balaban J connectivity index is 2.12. The third-order valence-corrected chi connectivity index (χ3v) is 4.02. The van der Waals surface area contributed by atoms with Gasteiger partial charge >= 0.3 is 0 Å². The second-order valence-corrected chi connectivity index (χ2v) is 5.28. The van der Waals surface area contributed by atoms with Crippen LogP contribution in [0.2, 0.25) is 0 Å². The number of hydrogen-bond donors (Lipinski definition) is 0. The standard InChI is InChI=1S/C17H11NS/c1-2-5-13-11-16-14(10-12(13)4-1)6-3-7-15(16)17-8-9-19-18-17/h1-11H. The second kappa shape index (κ2) is 4.18. The van der Waals surface area contributed by atoms with Gasteiger partial charge in [0, 0.05) is 10.9 Å². The van der Waals surface area contributed by atoms with Crippen molar-refractivity contribution in [1.29, 1.82) is 0 Å². The Labute approximate surface area is 115 Å². The first-order valence-electron chi connectivity index (χ1n) is 6.24. The van der Waals surface area contributed by atoms with Crippen LogP contribution in [0, 0.1) is 0 Å². The molecule has 90 valence electrons. The van der Waals surface area contributed by atoms with Crippen LogP contribution in [0.4, 0.5) is 0 Å². The highest BCUT2D eigenvalue weighted by atomic mass is 32.1. The zero-order valence-electron chi connectivity index (χ0n) is 10.2. The first-order chi connectivity index (χ1) is 9.42. The van der Waals surface area contributed by atoms with E-state index in [1.807, 2.05) is 5.38 Å². The normalized spacial score (nSPS) is 11.2. The van der Waals surface area contributed by atoms with Crippen LogP contribution in [-0.4, -0.2) is 4.37 Å². The minimum Gasteiger partial charge on any atom is -0.193 e. The summed E-state index contributed by atoms with van der Waals surface area (Å²) in [5.41, 5.74) is 2.27. The molecule has 1 nitrogen and oxygen atoms in total. The van der Waals surface area contributed by atoms with E-state index in [1.165, 1.54) is 38.6 Å². The number of rotatable bonds is 1. The molecule has 0 atom stereocenters. The Kier molecular flexibility index (Phi) is 2.35. The number of aromatic nitrogens is 1. The molecule has 1 aromatic heterocycles. The van der Waals surface area contributed by atoms with Crippen molar-refractivity contribution in [3.8, 4) is 11.3 Å². The van der Waals surface area contributed by atoms with Gasteiger partial charge in [-0.1, -0.05) is 42.5 Å². The maximum Gasteiger partial charge on any atom is 0.0846 e. The Hall–Kier alpha value is -2.19. The molecule has 0 bridgehead atoms. The molecule has 19 heavy (non-hydrogen) atoms. The molecule has 0 aliphatic rings. The van der Waals surface area contributed by atoms with Gasteiger partial charge in [-0.25, -0.2) is 0 Å². The highest BCUT2D eigenvalue weighted by molar-refractivity contribution is 7.03. The SMILES string of the molecule is c1ccc2cc3c(-c4ccsn4)cccc3cc2c1. The molecule has 0 saturated carbocycles. The summed E-state index contributed by atoms with van der Waals surface area (Å²) in [6.45, 7) is 0. The quantitative estimate of drug-likeness (QED) is 0.433. The smallest absolute Gasteiger partial charge is 0.0846 e. The van der Waals surface area contributed by atoms with Crippen molar-refractivity contribution in [3.05, 3.63) is 66.0 Å². The van der Waals surface area contributed by atoms with Crippen LogP contribution in [0.3, 0.4) is 0 Å². The number of benzene rings is 3. The van der Waals surface area contributed by atoms with Crippen molar-refractivity contribution in [2.75, 3.05) is 0 Å². The molecule has 0 unspecified atom stereocenters. The zero-order valence-corrected chi connectivity index (χ0v) is 11.0. The lowest BCUT2D eigenvalue weighted by atomic mass is 9.98.